The molecule has 2 amide bonds. The van der Waals surface area contributed by atoms with Crippen LogP contribution >= 0.6 is 0 Å². The number of fused-ring (bicyclic) bond motifs is 1. The molecule has 0 radical (unpaired) electrons. The molecule has 0 aromatic carbocycles. The van der Waals surface area contributed by atoms with Crippen molar-refractivity contribution in [2.24, 2.45) is 5.92 Å². The number of hydrogen-bond acceptors (Lipinski definition) is 5. The minimum Gasteiger partial charge on any atom is -0.369 e. The Hall–Kier alpha value is -3.04. The molecule has 0 aliphatic carbocycles. The van der Waals surface area contributed by atoms with Crippen LogP contribution in [-0.4, -0.2) is 54.9 Å². The van der Waals surface area contributed by atoms with E-state index in [1.807, 2.05) is 13.0 Å². The molecule has 10 heteroatoms. The Morgan fingerprint density at radius 3 is 2.75 bits per heavy atom. The lowest BCUT2D eigenvalue weighted by atomic mass is 9.97. The molecule has 1 fully saturated rings. The summed E-state index contributed by atoms with van der Waals surface area (Å²) in [7, 11) is 0. The largest absolute Gasteiger partial charge is 0.393 e. The molecular formula is C22H27F3N6O. The fourth-order valence-corrected chi connectivity index (χ4v) is 4.30. The van der Waals surface area contributed by atoms with Gasteiger partial charge in [0.2, 0.25) is 0 Å². The maximum Gasteiger partial charge on any atom is 0.393 e. The van der Waals surface area contributed by atoms with Crippen molar-refractivity contribution < 1.29 is 18.0 Å². The van der Waals surface area contributed by atoms with E-state index >= 15 is 0 Å². The summed E-state index contributed by atoms with van der Waals surface area (Å²) >= 11 is 0. The first-order valence-corrected chi connectivity index (χ1v) is 10.9. The first kappa shape index (κ1) is 22.2. The minimum absolute atomic E-state index is 0.116. The number of rotatable bonds is 3. The Morgan fingerprint density at radius 2 is 2.03 bits per heavy atom. The molecular weight excluding hydrogens is 421 g/mol. The second-order valence-electron chi connectivity index (χ2n) is 8.10. The summed E-state index contributed by atoms with van der Waals surface area (Å²) in [4.78, 5) is 27.2. The summed E-state index contributed by atoms with van der Waals surface area (Å²) in [6.45, 7) is 4.39. The third-order valence-electron chi connectivity index (χ3n) is 5.99. The maximum atomic E-state index is 13.3. The molecule has 1 unspecified atom stereocenters. The molecule has 4 rings (SSSR count). The number of piperidine rings is 1. The van der Waals surface area contributed by atoms with Crippen molar-refractivity contribution in [1.82, 2.24) is 9.97 Å². The average Bonchev–Trinajstić information content (AvgIpc) is 2.98. The zero-order valence-corrected chi connectivity index (χ0v) is 18.0. The molecule has 1 atom stereocenters. The monoisotopic (exact) mass is 448 g/mol. The van der Waals surface area contributed by atoms with Gasteiger partial charge in [-0.05, 0) is 50.5 Å². The second-order valence-corrected chi connectivity index (χ2v) is 8.10. The standard InChI is InChI=1S/C22H27F3N6O/c1-2-29-12-5-13-31(21(32)27-17-7-3-10-26-14-17)20-18(29)8-9-19(28-20)30-11-4-6-16(15-30)22(23,24)25/h3,7-10,14,16H,2,4-6,11-13,15H2,1H3,(H,27,32). The molecule has 0 bridgehead atoms. The van der Waals surface area contributed by atoms with Gasteiger partial charge < -0.3 is 15.1 Å². The molecule has 32 heavy (non-hydrogen) atoms. The van der Waals surface area contributed by atoms with E-state index < -0.39 is 12.1 Å². The van der Waals surface area contributed by atoms with Crippen LogP contribution in [0, 0.1) is 5.92 Å². The molecule has 0 spiro atoms. The predicted octanol–water partition coefficient (Wildman–Crippen LogP) is 4.52. The summed E-state index contributed by atoms with van der Waals surface area (Å²) in [5, 5.41) is 2.84. The van der Waals surface area contributed by atoms with E-state index in [0.717, 1.165) is 25.2 Å². The highest BCUT2D eigenvalue weighted by atomic mass is 19.4. The Kier molecular flexibility index (Phi) is 6.38. The molecule has 2 aromatic rings. The smallest absolute Gasteiger partial charge is 0.369 e. The topological polar surface area (TPSA) is 64.6 Å². The van der Waals surface area contributed by atoms with Gasteiger partial charge in [0.15, 0.2) is 5.82 Å². The van der Waals surface area contributed by atoms with Crippen molar-refractivity contribution >= 4 is 29.0 Å². The molecule has 7 nitrogen and oxygen atoms in total. The maximum absolute atomic E-state index is 13.3. The van der Waals surface area contributed by atoms with Crippen molar-refractivity contribution in [3.63, 3.8) is 0 Å². The van der Waals surface area contributed by atoms with Gasteiger partial charge in [-0.15, -0.1) is 0 Å². The number of hydrogen-bond donors (Lipinski definition) is 1. The number of alkyl halides is 3. The third kappa shape index (κ3) is 4.73. The normalized spacial score (nSPS) is 19.4. The van der Waals surface area contributed by atoms with Gasteiger partial charge in [-0.3, -0.25) is 9.88 Å². The first-order chi connectivity index (χ1) is 15.4. The highest BCUT2D eigenvalue weighted by Crippen LogP contribution is 2.37. The van der Waals surface area contributed by atoms with Crippen LogP contribution < -0.4 is 20.0 Å². The predicted molar refractivity (Wildman–Crippen MR) is 118 cm³/mol. The number of pyridine rings is 2. The first-order valence-electron chi connectivity index (χ1n) is 10.9. The lowest BCUT2D eigenvalue weighted by molar-refractivity contribution is -0.176. The summed E-state index contributed by atoms with van der Waals surface area (Å²) in [6, 6.07) is 6.77. The number of nitrogens with one attached hydrogen (secondary N) is 1. The number of anilines is 4. The molecule has 1 N–H and O–H groups in total. The van der Waals surface area contributed by atoms with Gasteiger partial charge in [-0.2, -0.15) is 13.2 Å². The summed E-state index contributed by atoms with van der Waals surface area (Å²) in [5.41, 5.74) is 1.37. The van der Waals surface area contributed by atoms with Crippen molar-refractivity contribution in [3.05, 3.63) is 36.7 Å². The summed E-state index contributed by atoms with van der Waals surface area (Å²) < 4.78 is 39.9. The number of aromatic nitrogens is 2. The van der Waals surface area contributed by atoms with E-state index in [4.69, 9.17) is 4.98 Å². The van der Waals surface area contributed by atoms with Gasteiger partial charge in [-0.25, -0.2) is 9.78 Å². The van der Waals surface area contributed by atoms with Crippen LogP contribution in [0.25, 0.3) is 0 Å². The zero-order valence-electron chi connectivity index (χ0n) is 18.0. The molecule has 4 heterocycles. The van der Waals surface area contributed by atoms with Crippen molar-refractivity contribution in [2.75, 3.05) is 52.7 Å². The van der Waals surface area contributed by atoms with E-state index in [2.05, 4.69) is 15.2 Å². The quantitative estimate of drug-likeness (QED) is 0.748. The van der Waals surface area contributed by atoms with Crippen molar-refractivity contribution in [3.8, 4) is 0 Å². The molecule has 0 saturated carbocycles. The number of nitrogens with zero attached hydrogens (tertiary/aromatic N) is 5. The van der Waals surface area contributed by atoms with Crippen LogP contribution in [0.15, 0.2) is 36.7 Å². The van der Waals surface area contributed by atoms with Crippen LogP contribution in [0.2, 0.25) is 0 Å². The fourth-order valence-electron chi connectivity index (χ4n) is 4.30. The van der Waals surface area contributed by atoms with E-state index in [9.17, 15) is 18.0 Å². The Morgan fingerprint density at radius 1 is 1.19 bits per heavy atom. The highest BCUT2D eigenvalue weighted by molar-refractivity contribution is 6.03. The molecule has 172 valence electrons. The Labute approximate surface area is 185 Å². The number of amides is 2. The van der Waals surface area contributed by atoms with E-state index in [1.54, 1.807) is 40.4 Å². The van der Waals surface area contributed by atoms with Gasteiger partial charge in [-0.1, -0.05) is 0 Å². The molecule has 2 aliphatic heterocycles. The van der Waals surface area contributed by atoms with Gasteiger partial charge in [0.1, 0.15) is 5.82 Å². The Balaban J connectivity index is 1.65. The van der Waals surface area contributed by atoms with E-state index in [0.29, 0.717) is 36.8 Å². The fraction of sp³-hybridized carbons (Fsp3) is 0.500. The van der Waals surface area contributed by atoms with Crippen LogP contribution in [0.1, 0.15) is 26.2 Å². The zero-order chi connectivity index (χ0) is 22.7. The lowest BCUT2D eigenvalue weighted by Gasteiger charge is -2.35. The van der Waals surface area contributed by atoms with Gasteiger partial charge in [0, 0.05) is 38.9 Å². The SMILES string of the molecule is CCN1CCCN(C(=O)Nc2cccnc2)c2nc(N3CCCC(C(F)(F)F)C3)ccc21. The highest BCUT2D eigenvalue weighted by Gasteiger charge is 2.42. The van der Waals surface area contributed by atoms with Crippen LogP contribution in [0.4, 0.5) is 41.0 Å². The van der Waals surface area contributed by atoms with Crippen molar-refractivity contribution in [2.45, 2.75) is 32.4 Å². The second kappa shape index (κ2) is 9.22. The van der Waals surface area contributed by atoms with Gasteiger partial charge >= 0.3 is 12.2 Å². The van der Waals surface area contributed by atoms with E-state index in [1.165, 1.54) is 0 Å². The minimum atomic E-state index is -4.22. The van der Waals surface area contributed by atoms with Gasteiger partial charge in [0.25, 0.3) is 0 Å². The Bertz CT molecular complexity index is 939. The molecule has 1 saturated heterocycles. The molecule has 2 aromatic heterocycles. The number of carbonyl (C=O) groups excluding carboxylic acids is 1. The van der Waals surface area contributed by atoms with Crippen LogP contribution in [0.5, 0.6) is 0 Å². The molecule has 2 aliphatic rings. The lowest BCUT2D eigenvalue weighted by Crippen LogP contribution is -2.42. The van der Waals surface area contributed by atoms with Crippen LogP contribution in [-0.2, 0) is 0 Å². The van der Waals surface area contributed by atoms with Gasteiger partial charge in [0.05, 0.1) is 23.5 Å². The van der Waals surface area contributed by atoms with Crippen LogP contribution in [0.3, 0.4) is 0 Å². The van der Waals surface area contributed by atoms with Crippen molar-refractivity contribution in [1.29, 1.82) is 0 Å². The third-order valence-corrected chi connectivity index (χ3v) is 5.99. The summed E-state index contributed by atoms with van der Waals surface area (Å²) in [6.07, 6.45) is 0.294. The van der Waals surface area contributed by atoms with E-state index in [-0.39, 0.29) is 19.0 Å². The summed E-state index contributed by atoms with van der Waals surface area (Å²) in [5.74, 6) is -0.429. The number of halogens is 3. The average molecular weight is 448 g/mol. The number of urea groups is 1. The number of carbonyl (C=O) groups is 1.